The quantitative estimate of drug-likeness (QED) is 0.779. The van der Waals surface area contributed by atoms with E-state index in [4.69, 9.17) is 5.73 Å². The predicted octanol–water partition coefficient (Wildman–Crippen LogP) is 2.63. The molecule has 0 atom stereocenters. The van der Waals surface area contributed by atoms with Crippen molar-refractivity contribution in [1.82, 2.24) is 9.21 Å². The Balaban J connectivity index is 0.00000280. The van der Waals surface area contributed by atoms with Gasteiger partial charge in [0.1, 0.15) is 0 Å². The van der Waals surface area contributed by atoms with Gasteiger partial charge >= 0.3 is 0 Å². The Hall–Kier alpha value is -1.15. The number of benzene rings is 1. The fourth-order valence-electron chi connectivity index (χ4n) is 4.31. The molecule has 6 nitrogen and oxygen atoms in total. The summed E-state index contributed by atoms with van der Waals surface area (Å²) in [7, 11) is -3.50. The van der Waals surface area contributed by atoms with Gasteiger partial charge in [-0.1, -0.05) is 37.5 Å². The Morgan fingerprint density at radius 1 is 0.964 bits per heavy atom. The van der Waals surface area contributed by atoms with Crippen molar-refractivity contribution >= 4 is 28.3 Å². The van der Waals surface area contributed by atoms with E-state index in [2.05, 4.69) is 0 Å². The number of amides is 1. The van der Waals surface area contributed by atoms with Crippen molar-refractivity contribution in [2.75, 3.05) is 32.7 Å². The highest BCUT2D eigenvalue weighted by atomic mass is 35.5. The molecule has 1 saturated carbocycles. The third-order valence-electron chi connectivity index (χ3n) is 6.06. The first kappa shape index (κ1) is 23.1. The zero-order chi connectivity index (χ0) is 19.3. The van der Waals surface area contributed by atoms with Gasteiger partial charge in [0.15, 0.2) is 0 Å². The van der Waals surface area contributed by atoms with Crippen LogP contribution >= 0.6 is 12.4 Å². The van der Waals surface area contributed by atoms with Crippen LogP contribution in [0.5, 0.6) is 0 Å². The van der Waals surface area contributed by atoms with E-state index in [-0.39, 0.29) is 23.7 Å². The van der Waals surface area contributed by atoms with Crippen molar-refractivity contribution in [2.45, 2.75) is 49.8 Å². The van der Waals surface area contributed by atoms with Gasteiger partial charge in [0.2, 0.25) is 15.9 Å². The summed E-state index contributed by atoms with van der Waals surface area (Å²) < 4.78 is 27.2. The highest BCUT2D eigenvalue weighted by Crippen LogP contribution is 2.38. The molecule has 8 heteroatoms. The molecule has 3 rings (SSSR count). The minimum atomic E-state index is -3.50. The van der Waals surface area contributed by atoms with Crippen molar-refractivity contribution in [3.8, 4) is 0 Å². The van der Waals surface area contributed by atoms with Crippen molar-refractivity contribution in [2.24, 2.45) is 11.1 Å². The summed E-state index contributed by atoms with van der Waals surface area (Å²) in [6.07, 6.45) is 6.73. The van der Waals surface area contributed by atoms with Gasteiger partial charge in [-0.2, -0.15) is 4.31 Å². The molecule has 1 saturated heterocycles. The smallest absolute Gasteiger partial charge is 0.243 e. The number of hydrogen-bond donors (Lipinski definition) is 1. The maximum atomic E-state index is 12.9. The summed E-state index contributed by atoms with van der Waals surface area (Å²) in [4.78, 5) is 15.1. The second-order valence-electron chi connectivity index (χ2n) is 7.89. The van der Waals surface area contributed by atoms with E-state index in [0.717, 1.165) is 25.7 Å². The largest absolute Gasteiger partial charge is 0.341 e. The number of sulfonamides is 1. The lowest BCUT2D eigenvalue weighted by molar-refractivity contribution is -0.134. The van der Waals surface area contributed by atoms with Crippen molar-refractivity contribution in [3.63, 3.8) is 0 Å². The van der Waals surface area contributed by atoms with Crippen LogP contribution in [-0.4, -0.2) is 56.3 Å². The fourth-order valence-corrected chi connectivity index (χ4v) is 5.80. The first-order valence-corrected chi connectivity index (χ1v) is 11.4. The molecule has 1 aliphatic carbocycles. The Bertz CT molecular complexity index is 736. The lowest BCUT2D eigenvalue weighted by Gasteiger charge is -2.37. The van der Waals surface area contributed by atoms with Gasteiger partial charge in [-0.3, -0.25) is 4.79 Å². The van der Waals surface area contributed by atoms with Crippen LogP contribution in [0.25, 0.3) is 0 Å². The zero-order valence-electron chi connectivity index (χ0n) is 16.4. The molecule has 0 radical (unpaired) electrons. The summed E-state index contributed by atoms with van der Waals surface area (Å²) >= 11 is 0. The minimum Gasteiger partial charge on any atom is -0.341 e. The third-order valence-corrected chi connectivity index (χ3v) is 7.97. The molecule has 1 aromatic carbocycles. The molecular weight excluding hydrogens is 398 g/mol. The molecule has 0 aromatic heterocycles. The van der Waals surface area contributed by atoms with Crippen LogP contribution in [0.3, 0.4) is 0 Å². The summed E-state index contributed by atoms with van der Waals surface area (Å²) in [6.45, 7) is 2.41. The zero-order valence-corrected chi connectivity index (χ0v) is 18.0. The average Bonchev–Trinajstić information content (AvgIpc) is 2.96. The van der Waals surface area contributed by atoms with E-state index in [9.17, 15) is 13.2 Å². The number of halogens is 1. The topological polar surface area (TPSA) is 83.7 Å². The first-order valence-electron chi connectivity index (χ1n) is 10.00. The van der Waals surface area contributed by atoms with Gasteiger partial charge < -0.3 is 10.6 Å². The van der Waals surface area contributed by atoms with Crippen molar-refractivity contribution in [1.29, 1.82) is 0 Å². The summed E-state index contributed by atoms with van der Waals surface area (Å²) in [6, 6.07) is 8.52. The molecule has 1 aromatic rings. The molecule has 2 fully saturated rings. The molecule has 1 heterocycles. The SMILES string of the molecule is Cl.NCC1(CC(=O)N2CCCN(S(=O)(=O)c3ccccc3)CC2)CCCCC1. The number of nitrogens with two attached hydrogens (primary N) is 1. The molecule has 0 unspecified atom stereocenters. The number of carbonyl (C=O) groups is 1. The lowest BCUT2D eigenvalue weighted by Crippen LogP contribution is -2.42. The van der Waals surface area contributed by atoms with Gasteiger partial charge in [0.25, 0.3) is 0 Å². The van der Waals surface area contributed by atoms with Crippen LogP contribution in [-0.2, 0) is 14.8 Å². The molecule has 28 heavy (non-hydrogen) atoms. The van der Waals surface area contributed by atoms with E-state index in [1.54, 1.807) is 30.3 Å². The van der Waals surface area contributed by atoms with Crippen LogP contribution in [0.4, 0.5) is 0 Å². The van der Waals surface area contributed by atoms with Gasteiger partial charge in [0.05, 0.1) is 4.90 Å². The van der Waals surface area contributed by atoms with E-state index in [1.165, 1.54) is 10.7 Å². The number of hydrogen-bond acceptors (Lipinski definition) is 4. The second kappa shape index (κ2) is 10.1. The van der Waals surface area contributed by atoms with E-state index >= 15 is 0 Å². The number of rotatable bonds is 5. The lowest BCUT2D eigenvalue weighted by atomic mass is 9.71. The second-order valence-corrected chi connectivity index (χ2v) is 9.83. The van der Waals surface area contributed by atoms with E-state index in [0.29, 0.717) is 50.5 Å². The highest BCUT2D eigenvalue weighted by Gasteiger charge is 2.35. The Morgan fingerprint density at radius 2 is 1.64 bits per heavy atom. The molecule has 2 N–H and O–H groups in total. The molecule has 1 aliphatic heterocycles. The Kier molecular flexibility index (Phi) is 8.30. The van der Waals surface area contributed by atoms with Crippen molar-refractivity contribution < 1.29 is 13.2 Å². The first-order chi connectivity index (χ1) is 13.0. The molecule has 0 bridgehead atoms. The van der Waals surface area contributed by atoms with Crippen LogP contribution in [0.1, 0.15) is 44.9 Å². The average molecular weight is 430 g/mol. The highest BCUT2D eigenvalue weighted by molar-refractivity contribution is 7.89. The Labute approximate surface area is 174 Å². The van der Waals surface area contributed by atoms with Crippen molar-refractivity contribution in [3.05, 3.63) is 30.3 Å². The molecule has 0 spiro atoms. The van der Waals surface area contributed by atoms with Crippen LogP contribution in [0, 0.1) is 5.41 Å². The molecular formula is C20H32ClN3O3S. The Morgan fingerprint density at radius 3 is 2.29 bits per heavy atom. The van der Waals surface area contributed by atoms with Gasteiger partial charge in [-0.05, 0) is 43.4 Å². The van der Waals surface area contributed by atoms with Gasteiger partial charge in [-0.25, -0.2) is 8.42 Å². The van der Waals surface area contributed by atoms with E-state index in [1.807, 2.05) is 4.90 Å². The summed E-state index contributed by atoms with van der Waals surface area (Å²) in [5.41, 5.74) is 5.97. The predicted molar refractivity (Wildman–Crippen MR) is 113 cm³/mol. The fraction of sp³-hybridized carbons (Fsp3) is 0.650. The van der Waals surface area contributed by atoms with Crippen LogP contribution in [0.2, 0.25) is 0 Å². The molecule has 158 valence electrons. The maximum absolute atomic E-state index is 12.9. The maximum Gasteiger partial charge on any atom is 0.243 e. The standard InChI is InChI=1S/C20H31N3O3S.ClH/c21-17-20(10-5-2-6-11-20)16-19(24)22-12-7-13-23(15-14-22)27(25,26)18-8-3-1-4-9-18;/h1,3-4,8-9H,2,5-7,10-17,21H2;1H. The normalized spacial score (nSPS) is 20.8. The monoisotopic (exact) mass is 429 g/mol. The number of nitrogens with zero attached hydrogens (tertiary/aromatic N) is 2. The molecule has 1 amide bonds. The van der Waals surface area contributed by atoms with Crippen LogP contribution in [0.15, 0.2) is 35.2 Å². The number of carbonyl (C=O) groups excluding carboxylic acids is 1. The molecule has 2 aliphatic rings. The van der Waals surface area contributed by atoms with Crippen LogP contribution < -0.4 is 5.73 Å². The third kappa shape index (κ3) is 5.26. The summed E-state index contributed by atoms with van der Waals surface area (Å²) in [5.74, 6) is 0.126. The van der Waals surface area contributed by atoms with Gasteiger partial charge in [0, 0.05) is 32.6 Å². The summed E-state index contributed by atoms with van der Waals surface area (Å²) in [5, 5.41) is 0. The minimum absolute atomic E-state index is 0. The van der Waals surface area contributed by atoms with E-state index < -0.39 is 10.0 Å². The van der Waals surface area contributed by atoms with Gasteiger partial charge in [-0.15, -0.1) is 12.4 Å².